The molecular weight excluding hydrogens is 234 g/mol. The SMILES string of the molecule is Cc1ccccc1CC(CN)Cc1ccc(O)cc1. The maximum absolute atomic E-state index is 9.29. The molecule has 0 fully saturated rings. The molecule has 100 valence electrons. The van der Waals surface area contributed by atoms with Gasteiger partial charge < -0.3 is 10.8 Å². The molecule has 0 radical (unpaired) electrons. The number of nitrogens with two attached hydrogens (primary N) is 1. The second-order valence-electron chi connectivity index (χ2n) is 5.10. The molecule has 0 amide bonds. The molecule has 0 heterocycles. The minimum absolute atomic E-state index is 0.312. The van der Waals surface area contributed by atoms with Gasteiger partial charge in [0, 0.05) is 0 Å². The van der Waals surface area contributed by atoms with Gasteiger partial charge in [-0.1, -0.05) is 36.4 Å². The Labute approximate surface area is 114 Å². The Morgan fingerprint density at radius 1 is 1.00 bits per heavy atom. The molecule has 0 saturated carbocycles. The smallest absolute Gasteiger partial charge is 0.115 e. The van der Waals surface area contributed by atoms with Gasteiger partial charge in [0.05, 0.1) is 0 Å². The van der Waals surface area contributed by atoms with E-state index in [2.05, 4.69) is 31.2 Å². The standard InChI is InChI=1S/C17H21NO/c1-13-4-2-3-5-16(13)11-15(12-18)10-14-6-8-17(19)9-7-14/h2-9,15,19H,10-12,18H2,1H3. The first-order chi connectivity index (χ1) is 9.19. The molecule has 3 N–H and O–H groups in total. The van der Waals surface area contributed by atoms with Crippen molar-refractivity contribution in [3.05, 3.63) is 65.2 Å². The Morgan fingerprint density at radius 2 is 1.68 bits per heavy atom. The Balaban J connectivity index is 2.05. The van der Waals surface area contributed by atoms with E-state index in [1.54, 1.807) is 12.1 Å². The molecule has 2 aromatic carbocycles. The Morgan fingerprint density at radius 3 is 2.32 bits per heavy atom. The van der Waals surface area contributed by atoms with Crippen LogP contribution in [0.2, 0.25) is 0 Å². The summed E-state index contributed by atoms with van der Waals surface area (Å²) in [6.07, 6.45) is 1.95. The summed E-state index contributed by atoms with van der Waals surface area (Å²) < 4.78 is 0. The van der Waals surface area contributed by atoms with Crippen LogP contribution in [0.1, 0.15) is 16.7 Å². The number of hydrogen-bond acceptors (Lipinski definition) is 2. The van der Waals surface area contributed by atoms with Gasteiger partial charge in [-0.05, 0) is 61.1 Å². The average Bonchev–Trinajstić information content (AvgIpc) is 2.43. The lowest BCUT2D eigenvalue weighted by Crippen LogP contribution is -2.19. The molecule has 19 heavy (non-hydrogen) atoms. The zero-order valence-electron chi connectivity index (χ0n) is 11.3. The van der Waals surface area contributed by atoms with Gasteiger partial charge in [0.2, 0.25) is 0 Å². The molecule has 1 unspecified atom stereocenters. The molecule has 0 saturated heterocycles. The molecule has 2 aromatic rings. The van der Waals surface area contributed by atoms with Crippen molar-refractivity contribution in [2.45, 2.75) is 19.8 Å². The molecule has 0 aliphatic carbocycles. The van der Waals surface area contributed by atoms with Crippen LogP contribution in [0.4, 0.5) is 0 Å². The number of rotatable bonds is 5. The topological polar surface area (TPSA) is 46.2 Å². The second-order valence-corrected chi connectivity index (χ2v) is 5.10. The summed E-state index contributed by atoms with van der Waals surface area (Å²) in [6.45, 7) is 2.82. The minimum Gasteiger partial charge on any atom is -0.508 e. The molecule has 2 rings (SSSR count). The van der Waals surface area contributed by atoms with Gasteiger partial charge in [-0.2, -0.15) is 0 Å². The second kappa shape index (κ2) is 6.39. The minimum atomic E-state index is 0.312. The lowest BCUT2D eigenvalue weighted by Gasteiger charge is -2.16. The van der Waals surface area contributed by atoms with Crippen LogP contribution in [0.5, 0.6) is 5.75 Å². The largest absolute Gasteiger partial charge is 0.508 e. The van der Waals surface area contributed by atoms with Crippen LogP contribution in [0.25, 0.3) is 0 Å². The van der Waals surface area contributed by atoms with Crippen molar-refractivity contribution < 1.29 is 5.11 Å². The number of hydrogen-bond donors (Lipinski definition) is 2. The molecule has 2 heteroatoms. The third-order valence-electron chi connectivity index (χ3n) is 3.56. The Bertz CT molecular complexity index is 519. The van der Waals surface area contributed by atoms with E-state index in [0.717, 1.165) is 12.8 Å². The van der Waals surface area contributed by atoms with E-state index < -0.39 is 0 Å². The highest BCUT2D eigenvalue weighted by atomic mass is 16.3. The van der Waals surface area contributed by atoms with Crippen molar-refractivity contribution in [3.63, 3.8) is 0 Å². The van der Waals surface area contributed by atoms with E-state index in [0.29, 0.717) is 18.2 Å². The van der Waals surface area contributed by atoms with Gasteiger partial charge in [-0.3, -0.25) is 0 Å². The third kappa shape index (κ3) is 3.83. The van der Waals surface area contributed by atoms with E-state index in [1.807, 2.05) is 12.1 Å². The van der Waals surface area contributed by atoms with Gasteiger partial charge in [-0.15, -0.1) is 0 Å². The summed E-state index contributed by atoms with van der Waals surface area (Å²) in [6, 6.07) is 15.9. The van der Waals surface area contributed by atoms with Crippen molar-refractivity contribution in [2.24, 2.45) is 11.7 Å². The summed E-state index contributed by atoms with van der Waals surface area (Å²) in [5, 5.41) is 9.29. The quantitative estimate of drug-likeness (QED) is 0.862. The highest BCUT2D eigenvalue weighted by Gasteiger charge is 2.10. The molecule has 0 spiro atoms. The summed E-state index contributed by atoms with van der Waals surface area (Å²) in [4.78, 5) is 0. The van der Waals surface area contributed by atoms with Gasteiger partial charge in [0.1, 0.15) is 5.75 Å². The number of phenols is 1. The number of aromatic hydroxyl groups is 1. The van der Waals surface area contributed by atoms with Gasteiger partial charge in [0.15, 0.2) is 0 Å². The maximum atomic E-state index is 9.29. The lowest BCUT2D eigenvalue weighted by atomic mass is 9.91. The van der Waals surface area contributed by atoms with Gasteiger partial charge in [0.25, 0.3) is 0 Å². The zero-order chi connectivity index (χ0) is 13.7. The van der Waals surface area contributed by atoms with Crippen LogP contribution in [0.15, 0.2) is 48.5 Å². The van der Waals surface area contributed by atoms with Crippen LogP contribution < -0.4 is 5.73 Å². The molecule has 1 atom stereocenters. The predicted octanol–water partition coefficient (Wildman–Crippen LogP) is 3.06. The van der Waals surface area contributed by atoms with Crippen molar-refractivity contribution in [3.8, 4) is 5.75 Å². The first-order valence-electron chi connectivity index (χ1n) is 6.71. The fourth-order valence-corrected chi connectivity index (χ4v) is 2.35. The van der Waals surface area contributed by atoms with Crippen molar-refractivity contribution >= 4 is 0 Å². The average molecular weight is 255 g/mol. The fraction of sp³-hybridized carbons (Fsp3) is 0.294. The van der Waals surface area contributed by atoms with Crippen LogP contribution in [0, 0.1) is 12.8 Å². The van der Waals surface area contributed by atoms with E-state index in [1.165, 1.54) is 16.7 Å². The van der Waals surface area contributed by atoms with Crippen molar-refractivity contribution in [1.29, 1.82) is 0 Å². The summed E-state index contributed by atoms with van der Waals surface area (Å²) in [7, 11) is 0. The molecule has 0 aliphatic rings. The molecule has 2 nitrogen and oxygen atoms in total. The normalized spacial score (nSPS) is 12.3. The van der Waals surface area contributed by atoms with E-state index in [-0.39, 0.29) is 0 Å². The number of benzene rings is 2. The lowest BCUT2D eigenvalue weighted by molar-refractivity contribution is 0.474. The summed E-state index contributed by atoms with van der Waals surface area (Å²) in [5.74, 6) is 0.748. The summed E-state index contributed by atoms with van der Waals surface area (Å²) in [5.41, 5.74) is 9.82. The first kappa shape index (κ1) is 13.6. The van der Waals surface area contributed by atoms with E-state index >= 15 is 0 Å². The maximum Gasteiger partial charge on any atom is 0.115 e. The van der Waals surface area contributed by atoms with Crippen LogP contribution in [0.3, 0.4) is 0 Å². The van der Waals surface area contributed by atoms with Gasteiger partial charge in [-0.25, -0.2) is 0 Å². The Kier molecular flexibility index (Phi) is 4.58. The van der Waals surface area contributed by atoms with Crippen molar-refractivity contribution in [2.75, 3.05) is 6.54 Å². The van der Waals surface area contributed by atoms with E-state index in [9.17, 15) is 5.11 Å². The van der Waals surface area contributed by atoms with Crippen LogP contribution in [-0.4, -0.2) is 11.7 Å². The van der Waals surface area contributed by atoms with Crippen molar-refractivity contribution in [1.82, 2.24) is 0 Å². The zero-order valence-corrected chi connectivity index (χ0v) is 11.3. The van der Waals surface area contributed by atoms with Gasteiger partial charge >= 0.3 is 0 Å². The fourth-order valence-electron chi connectivity index (χ4n) is 2.35. The third-order valence-corrected chi connectivity index (χ3v) is 3.56. The first-order valence-corrected chi connectivity index (χ1v) is 6.71. The predicted molar refractivity (Wildman–Crippen MR) is 79.2 cm³/mol. The highest BCUT2D eigenvalue weighted by molar-refractivity contribution is 5.28. The van der Waals surface area contributed by atoms with Crippen LogP contribution >= 0.6 is 0 Å². The molecular formula is C17H21NO. The molecule has 0 bridgehead atoms. The van der Waals surface area contributed by atoms with Crippen LogP contribution in [-0.2, 0) is 12.8 Å². The summed E-state index contributed by atoms with van der Waals surface area (Å²) >= 11 is 0. The molecule has 0 aromatic heterocycles. The number of aryl methyl sites for hydroxylation is 1. The Hall–Kier alpha value is -1.80. The number of phenolic OH excluding ortho intramolecular Hbond substituents is 1. The molecule has 0 aliphatic heterocycles. The highest BCUT2D eigenvalue weighted by Crippen LogP contribution is 2.18. The van der Waals surface area contributed by atoms with E-state index in [4.69, 9.17) is 5.73 Å². The monoisotopic (exact) mass is 255 g/mol.